The molecule has 1 heterocycles. The molecule has 0 aliphatic carbocycles. The smallest absolute Gasteiger partial charge is 0.133 e. The molecule has 0 aliphatic rings. The summed E-state index contributed by atoms with van der Waals surface area (Å²) >= 11 is 0. The minimum atomic E-state index is 0.134. The van der Waals surface area contributed by atoms with Crippen molar-refractivity contribution in [1.29, 1.82) is 5.26 Å². The molecule has 0 saturated heterocycles. The van der Waals surface area contributed by atoms with Crippen molar-refractivity contribution in [2.24, 2.45) is 4.99 Å². The van der Waals surface area contributed by atoms with Gasteiger partial charge in [-0.25, -0.2) is 4.99 Å². The number of aromatic nitrogens is 1. The zero-order valence-electron chi connectivity index (χ0n) is 9.07. The van der Waals surface area contributed by atoms with Crippen LogP contribution in [0.1, 0.15) is 11.3 Å². The van der Waals surface area contributed by atoms with Gasteiger partial charge in [0.15, 0.2) is 0 Å². The highest BCUT2D eigenvalue weighted by Crippen LogP contribution is 2.15. The monoisotopic (exact) mass is 212 g/mol. The molecule has 1 aromatic heterocycles. The first-order chi connectivity index (χ1) is 7.54. The van der Waals surface area contributed by atoms with Gasteiger partial charge in [0.25, 0.3) is 0 Å². The lowest BCUT2D eigenvalue weighted by atomic mass is 10.1. The maximum absolute atomic E-state index is 8.47. The van der Waals surface area contributed by atoms with Crippen molar-refractivity contribution in [3.8, 4) is 6.07 Å². The zero-order valence-corrected chi connectivity index (χ0v) is 9.07. The summed E-state index contributed by atoms with van der Waals surface area (Å²) in [5.41, 5.74) is 8.64. The SMILES string of the molecule is C=C(C#N)N=CC(=C)c1cnc(C)c(N)c1. The van der Waals surface area contributed by atoms with Crippen LogP contribution in [-0.2, 0) is 0 Å². The number of rotatable bonds is 3. The molecule has 0 amide bonds. The molecule has 0 aromatic carbocycles. The fourth-order valence-electron chi connectivity index (χ4n) is 0.985. The summed E-state index contributed by atoms with van der Waals surface area (Å²) in [5, 5.41) is 8.47. The van der Waals surface area contributed by atoms with Crippen molar-refractivity contribution >= 4 is 17.5 Å². The molecule has 0 aliphatic heterocycles. The van der Waals surface area contributed by atoms with E-state index in [2.05, 4.69) is 23.1 Å². The molecule has 0 atom stereocenters. The number of nitrogens with two attached hydrogens (primary N) is 1. The molecular weight excluding hydrogens is 200 g/mol. The predicted molar refractivity (Wildman–Crippen MR) is 65.7 cm³/mol. The Morgan fingerprint density at radius 1 is 1.62 bits per heavy atom. The summed E-state index contributed by atoms with van der Waals surface area (Å²) < 4.78 is 0. The van der Waals surface area contributed by atoms with E-state index in [1.807, 2.05) is 13.0 Å². The van der Waals surface area contributed by atoms with E-state index in [4.69, 9.17) is 11.0 Å². The van der Waals surface area contributed by atoms with Gasteiger partial charge in [0.1, 0.15) is 11.8 Å². The second kappa shape index (κ2) is 4.89. The number of anilines is 1. The average Bonchev–Trinajstić information content (AvgIpc) is 2.29. The second-order valence-corrected chi connectivity index (χ2v) is 3.24. The first kappa shape index (κ1) is 11.7. The molecule has 2 N–H and O–H groups in total. The molecule has 1 rings (SSSR count). The van der Waals surface area contributed by atoms with E-state index >= 15 is 0 Å². The van der Waals surface area contributed by atoms with Crippen LogP contribution in [0.25, 0.3) is 5.57 Å². The number of aliphatic imine (C=N–C) groups is 1. The minimum Gasteiger partial charge on any atom is -0.397 e. The number of hydrogen-bond acceptors (Lipinski definition) is 4. The highest BCUT2D eigenvalue weighted by Gasteiger charge is 2.00. The molecule has 4 nitrogen and oxygen atoms in total. The summed E-state index contributed by atoms with van der Waals surface area (Å²) in [7, 11) is 0. The average molecular weight is 212 g/mol. The third kappa shape index (κ3) is 2.79. The molecule has 1 aromatic rings. The lowest BCUT2D eigenvalue weighted by Gasteiger charge is -2.03. The first-order valence-electron chi connectivity index (χ1n) is 4.59. The summed E-state index contributed by atoms with van der Waals surface area (Å²) in [4.78, 5) is 7.93. The van der Waals surface area contributed by atoms with Crippen molar-refractivity contribution < 1.29 is 0 Å². The number of nitriles is 1. The van der Waals surface area contributed by atoms with Gasteiger partial charge in [-0.05, 0) is 18.6 Å². The van der Waals surface area contributed by atoms with Gasteiger partial charge >= 0.3 is 0 Å². The quantitative estimate of drug-likeness (QED) is 0.615. The van der Waals surface area contributed by atoms with Gasteiger partial charge in [-0.1, -0.05) is 13.2 Å². The van der Waals surface area contributed by atoms with Crippen LogP contribution in [0, 0.1) is 18.3 Å². The summed E-state index contributed by atoms with van der Waals surface area (Å²) in [6.45, 7) is 9.06. The van der Waals surface area contributed by atoms with Gasteiger partial charge in [-0.3, -0.25) is 4.98 Å². The van der Waals surface area contributed by atoms with Crippen LogP contribution in [0.15, 0.2) is 36.1 Å². The molecule has 80 valence electrons. The Hall–Kier alpha value is -2.41. The van der Waals surface area contributed by atoms with E-state index in [-0.39, 0.29) is 5.70 Å². The van der Waals surface area contributed by atoms with E-state index in [1.54, 1.807) is 12.3 Å². The molecule has 0 saturated carbocycles. The fourth-order valence-corrected chi connectivity index (χ4v) is 0.985. The topological polar surface area (TPSA) is 75.1 Å². The van der Waals surface area contributed by atoms with E-state index in [9.17, 15) is 0 Å². The largest absolute Gasteiger partial charge is 0.397 e. The third-order valence-electron chi connectivity index (χ3n) is 2.00. The van der Waals surface area contributed by atoms with Crippen LogP contribution in [0.5, 0.6) is 0 Å². The van der Waals surface area contributed by atoms with Crippen molar-refractivity contribution in [2.45, 2.75) is 6.92 Å². The Bertz CT molecular complexity index is 506. The number of nitrogen functional groups attached to an aromatic ring is 1. The Labute approximate surface area is 94.5 Å². The van der Waals surface area contributed by atoms with Gasteiger partial charge in [0.2, 0.25) is 0 Å². The van der Waals surface area contributed by atoms with Gasteiger partial charge in [0, 0.05) is 18.0 Å². The fraction of sp³-hybridized carbons (Fsp3) is 0.0833. The van der Waals surface area contributed by atoms with Gasteiger partial charge in [-0.15, -0.1) is 0 Å². The van der Waals surface area contributed by atoms with E-state index in [1.165, 1.54) is 6.21 Å². The maximum Gasteiger partial charge on any atom is 0.133 e. The lowest BCUT2D eigenvalue weighted by Crippen LogP contribution is -1.95. The maximum atomic E-state index is 8.47. The van der Waals surface area contributed by atoms with Crippen molar-refractivity contribution in [3.63, 3.8) is 0 Å². The molecule has 0 spiro atoms. The lowest BCUT2D eigenvalue weighted by molar-refractivity contribution is 1.20. The number of aryl methyl sites for hydroxylation is 1. The molecule has 16 heavy (non-hydrogen) atoms. The summed E-state index contributed by atoms with van der Waals surface area (Å²) in [6.07, 6.45) is 3.13. The first-order valence-corrected chi connectivity index (χ1v) is 4.59. The number of nitrogens with zero attached hydrogens (tertiary/aromatic N) is 3. The zero-order chi connectivity index (χ0) is 12.1. The van der Waals surface area contributed by atoms with Crippen LogP contribution in [0.3, 0.4) is 0 Å². The third-order valence-corrected chi connectivity index (χ3v) is 2.00. The normalized spacial score (nSPS) is 10.0. The van der Waals surface area contributed by atoms with E-state index < -0.39 is 0 Å². The highest BCUT2D eigenvalue weighted by atomic mass is 14.7. The Morgan fingerprint density at radius 2 is 2.31 bits per heavy atom. The van der Waals surface area contributed by atoms with Gasteiger partial charge in [-0.2, -0.15) is 5.26 Å². The molecular formula is C12H12N4. The number of allylic oxidation sites excluding steroid dienone is 2. The molecule has 0 unspecified atom stereocenters. The van der Waals surface area contributed by atoms with Crippen molar-refractivity contribution in [1.82, 2.24) is 4.98 Å². The standard InChI is InChI=1S/C12H12N4/c1-8(6-15-9(2)5-13)11-4-12(14)10(3)16-7-11/h4,6-7H,1-2,14H2,3H3. The van der Waals surface area contributed by atoms with Crippen molar-refractivity contribution in [2.75, 3.05) is 5.73 Å². The Morgan fingerprint density at radius 3 is 2.88 bits per heavy atom. The molecule has 4 heteroatoms. The highest BCUT2D eigenvalue weighted by molar-refractivity contribution is 6.09. The van der Waals surface area contributed by atoms with Crippen LogP contribution in [0.4, 0.5) is 5.69 Å². The molecule has 0 fully saturated rings. The minimum absolute atomic E-state index is 0.134. The predicted octanol–water partition coefficient (Wildman–Crippen LogP) is 2.09. The van der Waals surface area contributed by atoms with Crippen molar-refractivity contribution in [3.05, 3.63) is 42.4 Å². The van der Waals surface area contributed by atoms with Gasteiger partial charge in [0.05, 0.1) is 11.4 Å². The van der Waals surface area contributed by atoms with Gasteiger partial charge < -0.3 is 5.73 Å². The van der Waals surface area contributed by atoms with E-state index in [0.29, 0.717) is 11.3 Å². The van der Waals surface area contributed by atoms with E-state index in [0.717, 1.165) is 11.3 Å². The van der Waals surface area contributed by atoms with Crippen LogP contribution < -0.4 is 5.73 Å². The Balaban J connectivity index is 2.90. The second-order valence-electron chi connectivity index (χ2n) is 3.24. The van der Waals surface area contributed by atoms with Crippen LogP contribution in [0.2, 0.25) is 0 Å². The number of pyridine rings is 1. The summed E-state index contributed by atoms with van der Waals surface area (Å²) in [5.74, 6) is 0. The molecule has 0 radical (unpaired) electrons. The number of hydrogen-bond donors (Lipinski definition) is 1. The molecule has 0 bridgehead atoms. The van der Waals surface area contributed by atoms with Crippen LogP contribution >= 0.6 is 0 Å². The van der Waals surface area contributed by atoms with Crippen LogP contribution in [-0.4, -0.2) is 11.2 Å². The summed E-state index contributed by atoms with van der Waals surface area (Å²) in [6, 6.07) is 3.59. The Kier molecular flexibility index (Phi) is 3.57.